The Kier molecular flexibility index (Phi) is 4.42. The molecule has 130 valence electrons. The minimum atomic E-state index is -0.436. The molecule has 5 heteroatoms. The molecule has 2 aliphatic rings. The van der Waals surface area contributed by atoms with Crippen molar-refractivity contribution in [3.63, 3.8) is 0 Å². The first-order valence-corrected chi connectivity index (χ1v) is 8.61. The fraction of sp³-hybridized carbons (Fsp3) is 0.350. The van der Waals surface area contributed by atoms with Crippen LogP contribution in [0.5, 0.6) is 0 Å². The molecular weight excluding hydrogens is 318 g/mol. The number of hydrogen-bond donors (Lipinski definition) is 0. The first-order chi connectivity index (χ1) is 12.3. The van der Waals surface area contributed by atoms with E-state index in [1.165, 1.54) is 0 Å². The predicted molar refractivity (Wildman–Crippen MR) is 91.8 cm³/mol. The Morgan fingerprint density at radius 1 is 1.08 bits per heavy atom. The molecule has 1 amide bonds. The summed E-state index contributed by atoms with van der Waals surface area (Å²) in [6, 6.07) is 19.7. The number of hydrogen-bond acceptors (Lipinski definition) is 4. The second-order valence-electron chi connectivity index (χ2n) is 6.19. The maximum absolute atomic E-state index is 12.6. The highest BCUT2D eigenvalue weighted by atomic mass is 16.6. The molecule has 2 heterocycles. The number of amides is 1. The van der Waals surface area contributed by atoms with Gasteiger partial charge in [-0.3, -0.25) is 4.90 Å². The molecule has 2 aromatic rings. The lowest BCUT2D eigenvalue weighted by molar-refractivity contribution is 0.00522. The molecule has 0 aliphatic carbocycles. The van der Waals surface area contributed by atoms with Crippen LogP contribution in [0.3, 0.4) is 0 Å². The Hall–Kier alpha value is -2.37. The summed E-state index contributed by atoms with van der Waals surface area (Å²) in [5.74, 6) is 0. The average molecular weight is 339 g/mol. The van der Waals surface area contributed by atoms with E-state index >= 15 is 0 Å². The molecule has 0 unspecified atom stereocenters. The van der Waals surface area contributed by atoms with Crippen LogP contribution < -0.4 is 0 Å². The Morgan fingerprint density at radius 3 is 2.36 bits per heavy atom. The van der Waals surface area contributed by atoms with Crippen LogP contribution in [0.1, 0.15) is 30.2 Å². The van der Waals surface area contributed by atoms with E-state index < -0.39 is 6.23 Å². The van der Waals surface area contributed by atoms with Gasteiger partial charge in [0.25, 0.3) is 0 Å². The van der Waals surface area contributed by atoms with Crippen LogP contribution in [0.2, 0.25) is 0 Å². The lowest BCUT2D eigenvalue weighted by Gasteiger charge is -2.26. The third-order valence-electron chi connectivity index (χ3n) is 4.63. The third-order valence-corrected chi connectivity index (χ3v) is 4.63. The maximum atomic E-state index is 12.6. The maximum Gasteiger partial charge on any atom is 0.412 e. The summed E-state index contributed by atoms with van der Waals surface area (Å²) < 4.78 is 17.1. The van der Waals surface area contributed by atoms with E-state index in [-0.39, 0.29) is 24.3 Å². The van der Waals surface area contributed by atoms with Gasteiger partial charge in [-0.15, -0.1) is 0 Å². The molecule has 0 aromatic heterocycles. The van der Waals surface area contributed by atoms with Gasteiger partial charge in [-0.05, 0) is 18.1 Å². The number of ether oxygens (including phenoxy) is 3. The summed E-state index contributed by atoms with van der Waals surface area (Å²) in [6.07, 6.45) is -1.01. The molecule has 25 heavy (non-hydrogen) atoms. The highest BCUT2D eigenvalue weighted by Gasteiger charge is 2.54. The topological polar surface area (TPSA) is 51.3 Å². The zero-order valence-corrected chi connectivity index (χ0v) is 14.1. The lowest BCUT2D eigenvalue weighted by atomic mass is 10.1. The summed E-state index contributed by atoms with van der Waals surface area (Å²) in [5, 5.41) is 0. The monoisotopic (exact) mass is 339 g/mol. The van der Waals surface area contributed by atoms with Crippen LogP contribution in [0, 0.1) is 0 Å². The molecule has 5 nitrogen and oxygen atoms in total. The molecule has 0 spiro atoms. The second-order valence-corrected chi connectivity index (χ2v) is 6.19. The highest BCUT2D eigenvalue weighted by Crippen LogP contribution is 2.46. The van der Waals surface area contributed by atoms with Crippen LogP contribution in [0.25, 0.3) is 0 Å². The number of nitrogens with zero attached hydrogens (tertiary/aromatic N) is 1. The van der Waals surface area contributed by atoms with Gasteiger partial charge in [-0.1, -0.05) is 60.7 Å². The first kappa shape index (κ1) is 16.1. The van der Waals surface area contributed by atoms with Crippen LogP contribution in [0.4, 0.5) is 4.79 Å². The van der Waals surface area contributed by atoms with E-state index in [2.05, 4.69) is 0 Å². The Balaban J connectivity index is 1.56. The van der Waals surface area contributed by atoms with Crippen molar-refractivity contribution in [1.29, 1.82) is 0 Å². The van der Waals surface area contributed by atoms with Crippen LogP contribution in [-0.4, -0.2) is 36.5 Å². The number of carbonyl (C=O) groups is 1. The predicted octanol–water partition coefficient (Wildman–Crippen LogP) is 3.68. The second kappa shape index (κ2) is 6.86. The zero-order chi connectivity index (χ0) is 17.2. The van der Waals surface area contributed by atoms with Gasteiger partial charge in [0.1, 0.15) is 12.2 Å². The zero-order valence-electron chi connectivity index (χ0n) is 14.1. The molecule has 4 atom stereocenters. The molecule has 2 aromatic carbocycles. The SMILES string of the molecule is CCOC(=O)N1[C@@H]([C@@H]2O[C@H]2c2ccccc2)OC[C@H]1c1ccccc1. The summed E-state index contributed by atoms with van der Waals surface area (Å²) in [4.78, 5) is 14.3. The molecule has 0 saturated carbocycles. The molecule has 4 rings (SSSR count). The van der Waals surface area contributed by atoms with E-state index in [0.29, 0.717) is 13.2 Å². The Bertz CT molecular complexity index is 721. The molecule has 2 aliphatic heterocycles. The fourth-order valence-corrected chi connectivity index (χ4v) is 3.39. The Labute approximate surface area is 147 Å². The van der Waals surface area contributed by atoms with Crippen molar-refractivity contribution < 1.29 is 19.0 Å². The summed E-state index contributed by atoms with van der Waals surface area (Å²) >= 11 is 0. The molecule has 0 bridgehead atoms. The minimum Gasteiger partial charge on any atom is -0.450 e. The quantitative estimate of drug-likeness (QED) is 0.797. The fourth-order valence-electron chi connectivity index (χ4n) is 3.39. The van der Waals surface area contributed by atoms with Crippen molar-refractivity contribution in [3.05, 3.63) is 71.8 Å². The van der Waals surface area contributed by atoms with Gasteiger partial charge in [0, 0.05) is 0 Å². The molecular formula is C20H21NO4. The van der Waals surface area contributed by atoms with Gasteiger partial charge in [0.15, 0.2) is 6.23 Å². The van der Waals surface area contributed by atoms with Gasteiger partial charge in [-0.2, -0.15) is 0 Å². The van der Waals surface area contributed by atoms with Gasteiger partial charge in [0.2, 0.25) is 0 Å². The minimum absolute atomic E-state index is 0.0438. The smallest absolute Gasteiger partial charge is 0.412 e. The summed E-state index contributed by atoms with van der Waals surface area (Å²) in [5.41, 5.74) is 2.14. The van der Waals surface area contributed by atoms with E-state index in [0.717, 1.165) is 11.1 Å². The van der Waals surface area contributed by atoms with Crippen molar-refractivity contribution in [3.8, 4) is 0 Å². The van der Waals surface area contributed by atoms with Crippen molar-refractivity contribution in [2.75, 3.05) is 13.2 Å². The average Bonchev–Trinajstić information content (AvgIpc) is 3.33. The highest BCUT2D eigenvalue weighted by molar-refractivity contribution is 5.69. The Morgan fingerprint density at radius 2 is 1.72 bits per heavy atom. The van der Waals surface area contributed by atoms with E-state index in [1.807, 2.05) is 67.6 Å². The van der Waals surface area contributed by atoms with Gasteiger partial charge < -0.3 is 14.2 Å². The first-order valence-electron chi connectivity index (χ1n) is 8.61. The van der Waals surface area contributed by atoms with E-state index in [9.17, 15) is 4.79 Å². The number of carbonyl (C=O) groups excluding carboxylic acids is 1. The van der Waals surface area contributed by atoms with Crippen molar-refractivity contribution in [2.24, 2.45) is 0 Å². The summed E-state index contributed by atoms with van der Waals surface area (Å²) in [7, 11) is 0. The standard InChI is InChI=1S/C20H21NO4/c1-2-23-20(22)21-16(14-9-5-3-6-10-14)13-24-19(21)18-17(25-18)15-11-7-4-8-12-15/h3-12,16-19H,2,13H2,1H3/t16-,17-,18+,19+/m0/s1. The van der Waals surface area contributed by atoms with Gasteiger partial charge in [-0.25, -0.2) is 4.79 Å². The van der Waals surface area contributed by atoms with E-state index in [4.69, 9.17) is 14.2 Å². The lowest BCUT2D eigenvalue weighted by Crippen LogP contribution is -2.41. The van der Waals surface area contributed by atoms with Crippen LogP contribution in [-0.2, 0) is 14.2 Å². The van der Waals surface area contributed by atoms with Crippen molar-refractivity contribution >= 4 is 6.09 Å². The number of benzene rings is 2. The third kappa shape index (κ3) is 3.13. The van der Waals surface area contributed by atoms with Crippen LogP contribution in [0.15, 0.2) is 60.7 Å². The van der Waals surface area contributed by atoms with Crippen molar-refractivity contribution in [2.45, 2.75) is 31.4 Å². The van der Waals surface area contributed by atoms with Gasteiger partial charge >= 0.3 is 6.09 Å². The number of epoxide rings is 1. The number of rotatable bonds is 4. The van der Waals surface area contributed by atoms with E-state index in [1.54, 1.807) is 4.90 Å². The normalized spacial score (nSPS) is 28.0. The molecule has 0 N–H and O–H groups in total. The van der Waals surface area contributed by atoms with Crippen LogP contribution >= 0.6 is 0 Å². The van der Waals surface area contributed by atoms with Gasteiger partial charge in [0.05, 0.1) is 19.3 Å². The largest absolute Gasteiger partial charge is 0.450 e. The molecule has 2 saturated heterocycles. The van der Waals surface area contributed by atoms with Crippen molar-refractivity contribution in [1.82, 2.24) is 4.90 Å². The molecule has 0 radical (unpaired) electrons. The summed E-state index contributed by atoms with van der Waals surface area (Å²) in [6.45, 7) is 2.58. The molecule has 2 fully saturated rings.